The summed E-state index contributed by atoms with van der Waals surface area (Å²) in [6.07, 6.45) is 0. The molecule has 0 unspecified atom stereocenters. The van der Waals surface area contributed by atoms with E-state index in [1.807, 2.05) is 0 Å². The van der Waals surface area contributed by atoms with Crippen LogP contribution < -0.4 is 0 Å². The zero-order chi connectivity index (χ0) is 17.0. The molecule has 2 rings (SSSR count). The fourth-order valence-electron chi connectivity index (χ4n) is 1.96. The van der Waals surface area contributed by atoms with E-state index in [-0.39, 0.29) is 35.6 Å². The monoisotopic (exact) mass is 319 g/mol. The van der Waals surface area contributed by atoms with Crippen molar-refractivity contribution in [1.82, 2.24) is 0 Å². The maximum atomic E-state index is 11.9. The first kappa shape index (κ1) is 16.2. The van der Waals surface area contributed by atoms with E-state index in [9.17, 15) is 24.8 Å². The average Bonchev–Trinajstić information content (AvgIpc) is 2.50. The Morgan fingerprint density at radius 2 is 1.87 bits per heavy atom. The van der Waals surface area contributed by atoms with Gasteiger partial charge in [-0.05, 0) is 23.6 Å². The van der Waals surface area contributed by atoms with Gasteiger partial charge in [0.1, 0.15) is 19.0 Å². The van der Waals surface area contributed by atoms with E-state index < -0.39 is 16.9 Å². The lowest BCUT2D eigenvalue weighted by molar-refractivity contribution is -0.384. The molecule has 2 aromatic rings. The highest BCUT2D eigenvalue weighted by Gasteiger charge is 2.14. The van der Waals surface area contributed by atoms with Gasteiger partial charge in [-0.15, -0.1) is 0 Å². The molecule has 0 amide bonds. The van der Waals surface area contributed by atoms with Gasteiger partial charge in [0.05, 0.1) is 10.5 Å². The van der Waals surface area contributed by atoms with Crippen LogP contribution in [0, 0.1) is 10.1 Å². The molecule has 0 heterocycles. The predicted octanol–water partition coefficient (Wildman–Crippen LogP) is 2.17. The molecule has 0 atom stereocenters. The minimum Gasteiger partial charge on any atom is -0.507 e. The Morgan fingerprint density at radius 1 is 1.17 bits per heavy atom. The van der Waals surface area contributed by atoms with E-state index >= 15 is 0 Å². The third-order valence-electron chi connectivity index (χ3n) is 2.98. The molecule has 0 aliphatic carbocycles. The first-order valence-electron chi connectivity index (χ1n) is 6.60. The summed E-state index contributed by atoms with van der Waals surface area (Å²) in [5.41, 5.74) is -0.0730. The number of phenols is 1. The SMILES string of the molecule is CC(=O)OCCOC(=O)c1cc(O)c2cc([N+](=O)[O-])ccc2c1. The molecule has 0 spiro atoms. The molecule has 0 aliphatic heterocycles. The quantitative estimate of drug-likeness (QED) is 0.388. The molecule has 2 aromatic carbocycles. The highest BCUT2D eigenvalue weighted by atomic mass is 16.6. The predicted molar refractivity (Wildman–Crippen MR) is 79.2 cm³/mol. The third kappa shape index (κ3) is 3.94. The lowest BCUT2D eigenvalue weighted by Gasteiger charge is -2.07. The zero-order valence-corrected chi connectivity index (χ0v) is 12.1. The Bertz CT molecular complexity index is 785. The summed E-state index contributed by atoms with van der Waals surface area (Å²) in [5, 5.41) is 21.4. The summed E-state index contributed by atoms with van der Waals surface area (Å²) in [5.74, 6) is -1.45. The molecule has 120 valence electrons. The van der Waals surface area contributed by atoms with Gasteiger partial charge in [-0.25, -0.2) is 4.79 Å². The Morgan fingerprint density at radius 3 is 2.52 bits per heavy atom. The van der Waals surface area contributed by atoms with Gasteiger partial charge < -0.3 is 14.6 Å². The summed E-state index contributed by atoms with van der Waals surface area (Å²) < 4.78 is 9.54. The summed E-state index contributed by atoms with van der Waals surface area (Å²) in [7, 11) is 0. The molecule has 8 heteroatoms. The number of aromatic hydroxyl groups is 1. The molecule has 0 fully saturated rings. The summed E-state index contributed by atoms with van der Waals surface area (Å²) in [6.45, 7) is 1.06. The molecule has 0 saturated heterocycles. The first-order chi connectivity index (χ1) is 10.9. The highest BCUT2D eigenvalue weighted by Crippen LogP contribution is 2.30. The summed E-state index contributed by atoms with van der Waals surface area (Å²) in [6, 6.07) is 6.55. The van der Waals surface area contributed by atoms with E-state index in [4.69, 9.17) is 4.74 Å². The Hall–Kier alpha value is -3.16. The number of non-ortho nitro benzene ring substituents is 1. The number of nitro benzene ring substituents is 1. The Kier molecular flexibility index (Phi) is 4.75. The van der Waals surface area contributed by atoms with Gasteiger partial charge in [0.25, 0.3) is 5.69 Å². The highest BCUT2D eigenvalue weighted by molar-refractivity contribution is 5.98. The van der Waals surface area contributed by atoms with E-state index in [1.54, 1.807) is 0 Å². The number of fused-ring (bicyclic) bond motifs is 1. The molecule has 0 aliphatic rings. The van der Waals surface area contributed by atoms with Crippen molar-refractivity contribution in [3.05, 3.63) is 46.0 Å². The van der Waals surface area contributed by atoms with E-state index in [2.05, 4.69) is 4.74 Å². The fraction of sp³-hybridized carbons (Fsp3) is 0.200. The normalized spacial score (nSPS) is 10.3. The van der Waals surface area contributed by atoms with Crippen molar-refractivity contribution in [3.8, 4) is 5.75 Å². The van der Waals surface area contributed by atoms with Crippen molar-refractivity contribution in [2.45, 2.75) is 6.92 Å². The fourth-order valence-corrected chi connectivity index (χ4v) is 1.96. The molecule has 0 radical (unpaired) electrons. The van der Waals surface area contributed by atoms with Gasteiger partial charge in [-0.2, -0.15) is 0 Å². The van der Waals surface area contributed by atoms with Crippen LogP contribution in [0.2, 0.25) is 0 Å². The number of hydrogen-bond acceptors (Lipinski definition) is 7. The number of nitrogens with zero attached hydrogens (tertiary/aromatic N) is 1. The van der Waals surface area contributed by atoms with Crippen LogP contribution in [0.15, 0.2) is 30.3 Å². The molecule has 8 nitrogen and oxygen atoms in total. The lowest BCUT2D eigenvalue weighted by atomic mass is 10.1. The maximum Gasteiger partial charge on any atom is 0.338 e. The number of esters is 2. The van der Waals surface area contributed by atoms with Crippen LogP contribution in [-0.2, 0) is 14.3 Å². The van der Waals surface area contributed by atoms with Crippen LogP contribution in [0.3, 0.4) is 0 Å². The molecule has 0 aromatic heterocycles. The smallest absolute Gasteiger partial charge is 0.338 e. The number of phenolic OH excluding ortho intramolecular Hbond substituents is 1. The van der Waals surface area contributed by atoms with Gasteiger partial charge in [-0.3, -0.25) is 14.9 Å². The maximum absolute atomic E-state index is 11.9. The van der Waals surface area contributed by atoms with Crippen molar-refractivity contribution < 1.29 is 29.1 Å². The van der Waals surface area contributed by atoms with E-state index in [0.717, 1.165) is 0 Å². The number of carbonyl (C=O) groups excluding carboxylic acids is 2. The lowest BCUT2D eigenvalue weighted by Crippen LogP contribution is -2.12. The van der Waals surface area contributed by atoms with E-state index in [1.165, 1.54) is 37.3 Å². The Balaban J connectivity index is 2.19. The topological polar surface area (TPSA) is 116 Å². The van der Waals surface area contributed by atoms with Gasteiger partial charge in [0.15, 0.2) is 0 Å². The van der Waals surface area contributed by atoms with Crippen LogP contribution in [0.5, 0.6) is 5.75 Å². The van der Waals surface area contributed by atoms with Gasteiger partial charge >= 0.3 is 11.9 Å². The van der Waals surface area contributed by atoms with Crippen molar-refractivity contribution >= 4 is 28.4 Å². The number of benzene rings is 2. The van der Waals surface area contributed by atoms with Gasteiger partial charge in [0, 0.05) is 24.4 Å². The second-order valence-corrected chi connectivity index (χ2v) is 4.63. The summed E-state index contributed by atoms with van der Waals surface area (Å²) >= 11 is 0. The second kappa shape index (κ2) is 6.73. The molecular weight excluding hydrogens is 306 g/mol. The molecule has 1 N–H and O–H groups in total. The van der Waals surface area contributed by atoms with Gasteiger partial charge in [0.2, 0.25) is 0 Å². The molecule has 23 heavy (non-hydrogen) atoms. The van der Waals surface area contributed by atoms with Crippen LogP contribution >= 0.6 is 0 Å². The Labute approximate surface area is 130 Å². The molecule has 0 bridgehead atoms. The molecule has 0 saturated carbocycles. The van der Waals surface area contributed by atoms with E-state index in [0.29, 0.717) is 5.39 Å². The number of hydrogen-bond donors (Lipinski definition) is 1. The number of rotatable bonds is 5. The van der Waals surface area contributed by atoms with Crippen molar-refractivity contribution in [3.63, 3.8) is 0 Å². The number of ether oxygens (including phenoxy) is 2. The third-order valence-corrected chi connectivity index (χ3v) is 2.98. The number of carbonyl (C=O) groups is 2. The molecular formula is C15H13NO7. The van der Waals surface area contributed by atoms with Gasteiger partial charge in [-0.1, -0.05) is 0 Å². The standard InChI is InChI=1S/C15H13NO7/c1-9(17)22-4-5-23-15(19)11-6-10-2-3-12(16(20)21)8-13(10)14(18)7-11/h2-3,6-8,18H,4-5H2,1H3. The first-order valence-corrected chi connectivity index (χ1v) is 6.60. The van der Waals surface area contributed by atoms with Crippen molar-refractivity contribution in [2.24, 2.45) is 0 Å². The minimum atomic E-state index is -0.701. The minimum absolute atomic E-state index is 0.0627. The van der Waals surface area contributed by atoms with Crippen LogP contribution in [0.1, 0.15) is 17.3 Å². The van der Waals surface area contributed by atoms with Crippen LogP contribution in [-0.4, -0.2) is 35.2 Å². The average molecular weight is 319 g/mol. The van der Waals surface area contributed by atoms with Crippen LogP contribution in [0.4, 0.5) is 5.69 Å². The van der Waals surface area contributed by atoms with Crippen molar-refractivity contribution in [1.29, 1.82) is 0 Å². The zero-order valence-electron chi connectivity index (χ0n) is 12.1. The second-order valence-electron chi connectivity index (χ2n) is 4.63. The summed E-state index contributed by atoms with van der Waals surface area (Å²) in [4.78, 5) is 32.6. The largest absolute Gasteiger partial charge is 0.507 e. The van der Waals surface area contributed by atoms with Crippen LogP contribution in [0.25, 0.3) is 10.8 Å². The van der Waals surface area contributed by atoms with Crippen molar-refractivity contribution in [2.75, 3.05) is 13.2 Å². The number of nitro groups is 1.